The Balaban J connectivity index is 2.49. The summed E-state index contributed by atoms with van der Waals surface area (Å²) < 4.78 is 0. The highest BCUT2D eigenvalue weighted by Crippen LogP contribution is 2.15. The standard InChI is InChI=1S/C11H7N3/c12-7-9-3-5-14-11(6-9)10-2-1-4-13-8-10/h1-6,8H. The fraction of sp³-hybridized carbons (Fsp3) is 0. The summed E-state index contributed by atoms with van der Waals surface area (Å²) in [5.74, 6) is 0. The largest absolute Gasteiger partial charge is 0.264 e. The van der Waals surface area contributed by atoms with Crippen molar-refractivity contribution >= 4 is 0 Å². The topological polar surface area (TPSA) is 49.6 Å². The highest BCUT2D eigenvalue weighted by atomic mass is 14.7. The molecule has 0 amide bonds. The fourth-order valence-corrected chi connectivity index (χ4v) is 1.17. The van der Waals surface area contributed by atoms with E-state index >= 15 is 0 Å². The zero-order valence-corrected chi connectivity index (χ0v) is 7.38. The van der Waals surface area contributed by atoms with Crippen LogP contribution in [-0.2, 0) is 0 Å². The molecular weight excluding hydrogens is 174 g/mol. The molecule has 0 saturated carbocycles. The second kappa shape index (κ2) is 3.67. The number of hydrogen-bond acceptors (Lipinski definition) is 3. The zero-order chi connectivity index (χ0) is 9.80. The van der Waals surface area contributed by atoms with Gasteiger partial charge in [0.2, 0.25) is 0 Å². The lowest BCUT2D eigenvalue weighted by atomic mass is 10.1. The van der Waals surface area contributed by atoms with Crippen LogP contribution in [0.15, 0.2) is 42.9 Å². The summed E-state index contributed by atoms with van der Waals surface area (Å²) in [6, 6.07) is 9.26. The molecule has 3 heteroatoms. The van der Waals surface area contributed by atoms with Gasteiger partial charge in [0.1, 0.15) is 0 Å². The summed E-state index contributed by atoms with van der Waals surface area (Å²) in [4.78, 5) is 8.16. The summed E-state index contributed by atoms with van der Waals surface area (Å²) in [7, 11) is 0. The van der Waals surface area contributed by atoms with Gasteiger partial charge in [0.05, 0.1) is 17.3 Å². The van der Waals surface area contributed by atoms with Crippen molar-refractivity contribution in [2.45, 2.75) is 0 Å². The Morgan fingerprint density at radius 3 is 2.86 bits per heavy atom. The number of aromatic nitrogens is 2. The minimum Gasteiger partial charge on any atom is -0.264 e. The minimum atomic E-state index is 0.610. The normalized spacial score (nSPS) is 9.36. The monoisotopic (exact) mass is 181 g/mol. The number of hydrogen-bond donors (Lipinski definition) is 0. The first-order valence-corrected chi connectivity index (χ1v) is 4.17. The molecule has 0 aromatic carbocycles. The third kappa shape index (κ3) is 1.59. The molecule has 0 bridgehead atoms. The average Bonchev–Trinajstić information content (AvgIpc) is 2.30. The Bertz CT molecular complexity index is 471. The predicted octanol–water partition coefficient (Wildman–Crippen LogP) is 2.02. The van der Waals surface area contributed by atoms with Gasteiger partial charge in [-0.1, -0.05) is 0 Å². The number of nitriles is 1. The third-order valence-corrected chi connectivity index (χ3v) is 1.85. The average molecular weight is 181 g/mol. The van der Waals surface area contributed by atoms with Crippen LogP contribution in [0, 0.1) is 11.3 Å². The van der Waals surface area contributed by atoms with Gasteiger partial charge in [-0.05, 0) is 24.3 Å². The van der Waals surface area contributed by atoms with Crippen LogP contribution in [0.1, 0.15) is 5.56 Å². The molecule has 2 aromatic heterocycles. The number of pyridine rings is 2. The van der Waals surface area contributed by atoms with Crippen LogP contribution >= 0.6 is 0 Å². The lowest BCUT2D eigenvalue weighted by molar-refractivity contribution is 1.27. The van der Waals surface area contributed by atoms with Crippen LogP contribution in [0.5, 0.6) is 0 Å². The Morgan fingerprint density at radius 1 is 1.21 bits per heavy atom. The van der Waals surface area contributed by atoms with Gasteiger partial charge in [0, 0.05) is 24.2 Å². The molecule has 0 unspecified atom stereocenters. The van der Waals surface area contributed by atoms with E-state index in [0.717, 1.165) is 11.3 Å². The first-order chi connectivity index (χ1) is 6.90. The van der Waals surface area contributed by atoms with Crippen molar-refractivity contribution in [1.29, 1.82) is 5.26 Å². The van der Waals surface area contributed by atoms with Gasteiger partial charge in [-0.15, -0.1) is 0 Å². The molecule has 0 spiro atoms. The van der Waals surface area contributed by atoms with E-state index < -0.39 is 0 Å². The lowest BCUT2D eigenvalue weighted by Gasteiger charge is -1.98. The van der Waals surface area contributed by atoms with Crippen LogP contribution < -0.4 is 0 Å². The van der Waals surface area contributed by atoms with Crippen molar-refractivity contribution in [3.63, 3.8) is 0 Å². The van der Waals surface area contributed by atoms with Crippen molar-refractivity contribution < 1.29 is 0 Å². The first-order valence-electron chi connectivity index (χ1n) is 4.17. The molecule has 66 valence electrons. The van der Waals surface area contributed by atoms with E-state index in [0.29, 0.717) is 5.56 Å². The molecular formula is C11H7N3. The predicted molar refractivity (Wildman–Crippen MR) is 52.2 cm³/mol. The van der Waals surface area contributed by atoms with E-state index in [1.165, 1.54) is 0 Å². The highest BCUT2D eigenvalue weighted by molar-refractivity contribution is 5.59. The van der Waals surface area contributed by atoms with Gasteiger partial charge in [-0.2, -0.15) is 5.26 Å². The molecule has 3 nitrogen and oxygen atoms in total. The highest BCUT2D eigenvalue weighted by Gasteiger charge is 1.99. The number of nitrogens with zero attached hydrogens (tertiary/aromatic N) is 3. The van der Waals surface area contributed by atoms with Crippen LogP contribution in [0.25, 0.3) is 11.3 Å². The van der Waals surface area contributed by atoms with Crippen LogP contribution in [0.3, 0.4) is 0 Å². The van der Waals surface area contributed by atoms with E-state index in [1.807, 2.05) is 12.1 Å². The first kappa shape index (κ1) is 8.39. The van der Waals surface area contributed by atoms with Gasteiger partial charge in [-0.3, -0.25) is 9.97 Å². The molecule has 2 rings (SSSR count). The van der Waals surface area contributed by atoms with Crippen molar-refractivity contribution in [1.82, 2.24) is 9.97 Å². The van der Waals surface area contributed by atoms with Gasteiger partial charge in [-0.25, -0.2) is 0 Å². The van der Waals surface area contributed by atoms with Crippen LogP contribution in [0.2, 0.25) is 0 Å². The zero-order valence-electron chi connectivity index (χ0n) is 7.38. The fourth-order valence-electron chi connectivity index (χ4n) is 1.17. The lowest BCUT2D eigenvalue weighted by Crippen LogP contribution is -1.85. The molecule has 14 heavy (non-hydrogen) atoms. The van der Waals surface area contributed by atoms with Crippen molar-refractivity contribution in [3.8, 4) is 17.3 Å². The van der Waals surface area contributed by atoms with E-state index in [1.54, 1.807) is 30.7 Å². The van der Waals surface area contributed by atoms with E-state index in [4.69, 9.17) is 5.26 Å². The Hall–Kier alpha value is -2.21. The summed E-state index contributed by atoms with van der Waals surface area (Å²) in [6.45, 7) is 0. The molecule has 0 atom stereocenters. The van der Waals surface area contributed by atoms with E-state index in [9.17, 15) is 0 Å². The SMILES string of the molecule is N#Cc1ccnc(-c2cccnc2)c1. The second-order valence-corrected chi connectivity index (χ2v) is 2.78. The van der Waals surface area contributed by atoms with Crippen LogP contribution in [-0.4, -0.2) is 9.97 Å². The van der Waals surface area contributed by atoms with Crippen molar-refractivity contribution in [3.05, 3.63) is 48.4 Å². The number of rotatable bonds is 1. The molecule has 0 N–H and O–H groups in total. The summed E-state index contributed by atoms with van der Waals surface area (Å²) in [5, 5.41) is 8.72. The van der Waals surface area contributed by atoms with E-state index in [-0.39, 0.29) is 0 Å². The Morgan fingerprint density at radius 2 is 2.14 bits per heavy atom. The maximum absolute atomic E-state index is 8.72. The van der Waals surface area contributed by atoms with Crippen molar-refractivity contribution in [2.75, 3.05) is 0 Å². The second-order valence-electron chi connectivity index (χ2n) is 2.78. The minimum absolute atomic E-state index is 0.610. The van der Waals surface area contributed by atoms with Gasteiger partial charge in [0.25, 0.3) is 0 Å². The van der Waals surface area contributed by atoms with Gasteiger partial charge in [0.15, 0.2) is 0 Å². The van der Waals surface area contributed by atoms with Gasteiger partial charge >= 0.3 is 0 Å². The van der Waals surface area contributed by atoms with Crippen LogP contribution in [0.4, 0.5) is 0 Å². The maximum Gasteiger partial charge on any atom is 0.0992 e. The summed E-state index contributed by atoms with van der Waals surface area (Å²) in [6.07, 6.45) is 5.06. The summed E-state index contributed by atoms with van der Waals surface area (Å²) >= 11 is 0. The van der Waals surface area contributed by atoms with Crippen molar-refractivity contribution in [2.24, 2.45) is 0 Å². The smallest absolute Gasteiger partial charge is 0.0992 e. The maximum atomic E-state index is 8.72. The van der Waals surface area contributed by atoms with E-state index in [2.05, 4.69) is 16.0 Å². The quantitative estimate of drug-likeness (QED) is 0.676. The van der Waals surface area contributed by atoms with Gasteiger partial charge < -0.3 is 0 Å². The third-order valence-electron chi connectivity index (χ3n) is 1.85. The Labute approximate surface area is 81.7 Å². The molecule has 0 saturated heterocycles. The molecule has 0 aliphatic carbocycles. The molecule has 0 aliphatic heterocycles. The molecule has 0 radical (unpaired) electrons. The molecule has 0 fully saturated rings. The Kier molecular flexibility index (Phi) is 2.20. The molecule has 2 heterocycles. The summed E-state index contributed by atoms with van der Waals surface area (Å²) in [5.41, 5.74) is 2.31. The molecule has 2 aromatic rings. The molecule has 0 aliphatic rings.